The summed E-state index contributed by atoms with van der Waals surface area (Å²) in [6.45, 7) is 5.08. The fourth-order valence-electron chi connectivity index (χ4n) is 3.85. The number of rotatable bonds is 5. The van der Waals surface area contributed by atoms with Crippen molar-refractivity contribution < 1.29 is 14.3 Å². The van der Waals surface area contributed by atoms with E-state index in [1.54, 1.807) is 14.2 Å². The molecule has 31 heavy (non-hydrogen) atoms. The van der Waals surface area contributed by atoms with Gasteiger partial charge < -0.3 is 19.7 Å². The molecule has 2 aromatic carbocycles. The number of carbonyl (C=O) groups excluding carboxylic acids is 1. The van der Waals surface area contributed by atoms with Crippen molar-refractivity contribution in [3.05, 3.63) is 70.5 Å². The Balaban J connectivity index is 1.47. The van der Waals surface area contributed by atoms with Crippen LogP contribution in [0.4, 0.5) is 11.6 Å². The van der Waals surface area contributed by atoms with Crippen LogP contribution in [0.1, 0.15) is 32.9 Å². The molecule has 0 bridgehead atoms. The zero-order valence-corrected chi connectivity index (χ0v) is 18.2. The Labute approximate surface area is 182 Å². The van der Waals surface area contributed by atoms with Crippen LogP contribution in [0.15, 0.2) is 42.5 Å². The molecule has 4 rings (SSSR count). The van der Waals surface area contributed by atoms with E-state index in [9.17, 15) is 4.79 Å². The van der Waals surface area contributed by atoms with Crippen LogP contribution in [-0.4, -0.2) is 41.5 Å². The average Bonchev–Trinajstić information content (AvgIpc) is 2.77. The SMILES string of the molecule is COc1cc2c(cc1OC)CN(C(=O)c1ccc(Nc3nc(C)cc(C)n3)cc1)CC2. The van der Waals surface area contributed by atoms with Gasteiger partial charge in [-0.05, 0) is 73.9 Å². The van der Waals surface area contributed by atoms with Crippen LogP contribution in [0.2, 0.25) is 0 Å². The predicted octanol–water partition coefficient (Wildman–Crippen LogP) is 4.05. The molecule has 1 amide bonds. The van der Waals surface area contributed by atoms with Gasteiger partial charge in [-0.3, -0.25) is 4.79 Å². The van der Waals surface area contributed by atoms with Crippen LogP contribution < -0.4 is 14.8 Å². The molecular formula is C24H26N4O3. The normalized spacial score (nSPS) is 12.8. The maximum Gasteiger partial charge on any atom is 0.254 e. The topological polar surface area (TPSA) is 76.6 Å². The number of fused-ring (bicyclic) bond motifs is 1. The lowest BCUT2D eigenvalue weighted by Crippen LogP contribution is -2.36. The Morgan fingerprint density at radius 3 is 2.16 bits per heavy atom. The Kier molecular flexibility index (Phi) is 5.75. The number of aromatic nitrogens is 2. The molecule has 7 heteroatoms. The molecule has 2 heterocycles. The highest BCUT2D eigenvalue weighted by Crippen LogP contribution is 2.33. The molecule has 0 atom stereocenters. The van der Waals surface area contributed by atoms with Crippen molar-refractivity contribution in [3.63, 3.8) is 0 Å². The first-order valence-corrected chi connectivity index (χ1v) is 10.2. The fraction of sp³-hybridized carbons (Fsp3) is 0.292. The summed E-state index contributed by atoms with van der Waals surface area (Å²) in [5.41, 5.74) is 5.57. The van der Waals surface area contributed by atoms with Crippen molar-refractivity contribution in [2.45, 2.75) is 26.8 Å². The first-order chi connectivity index (χ1) is 15.0. The molecule has 3 aromatic rings. The summed E-state index contributed by atoms with van der Waals surface area (Å²) < 4.78 is 10.8. The minimum atomic E-state index is 0.00892. The van der Waals surface area contributed by atoms with Crippen LogP contribution in [0, 0.1) is 13.8 Å². The smallest absolute Gasteiger partial charge is 0.254 e. The van der Waals surface area contributed by atoms with Gasteiger partial charge in [0.2, 0.25) is 5.95 Å². The van der Waals surface area contributed by atoms with E-state index in [1.165, 1.54) is 5.56 Å². The third kappa shape index (κ3) is 4.45. The molecular weight excluding hydrogens is 392 g/mol. The van der Waals surface area contributed by atoms with Crippen LogP contribution in [0.3, 0.4) is 0 Å². The first-order valence-electron chi connectivity index (χ1n) is 10.2. The predicted molar refractivity (Wildman–Crippen MR) is 119 cm³/mol. The highest BCUT2D eigenvalue weighted by molar-refractivity contribution is 5.94. The average molecular weight is 418 g/mol. The van der Waals surface area contributed by atoms with E-state index in [4.69, 9.17) is 9.47 Å². The molecule has 1 N–H and O–H groups in total. The van der Waals surface area contributed by atoms with Crippen molar-refractivity contribution in [1.29, 1.82) is 0 Å². The minimum absolute atomic E-state index is 0.00892. The van der Waals surface area contributed by atoms with E-state index in [0.717, 1.165) is 34.8 Å². The first kappa shape index (κ1) is 20.7. The number of aryl methyl sites for hydroxylation is 2. The quantitative estimate of drug-likeness (QED) is 0.674. The monoisotopic (exact) mass is 418 g/mol. The maximum atomic E-state index is 13.1. The second-order valence-electron chi connectivity index (χ2n) is 7.63. The van der Waals surface area contributed by atoms with Gasteiger partial charge in [0.25, 0.3) is 5.91 Å². The molecule has 1 aliphatic heterocycles. The van der Waals surface area contributed by atoms with Gasteiger partial charge in [0.1, 0.15) is 0 Å². The summed E-state index contributed by atoms with van der Waals surface area (Å²) in [5, 5.41) is 3.19. The van der Waals surface area contributed by atoms with Gasteiger partial charge in [-0.15, -0.1) is 0 Å². The van der Waals surface area contributed by atoms with E-state index >= 15 is 0 Å². The van der Waals surface area contributed by atoms with Crippen LogP contribution in [0.5, 0.6) is 11.5 Å². The highest BCUT2D eigenvalue weighted by Gasteiger charge is 2.23. The molecule has 160 valence electrons. The Hall–Kier alpha value is -3.61. The van der Waals surface area contributed by atoms with Gasteiger partial charge in [0.15, 0.2) is 11.5 Å². The highest BCUT2D eigenvalue weighted by atomic mass is 16.5. The maximum absolute atomic E-state index is 13.1. The van der Waals surface area contributed by atoms with Gasteiger partial charge >= 0.3 is 0 Å². The van der Waals surface area contributed by atoms with Crippen molar-refractivity contribution in [2.75, 3.05) is 26.1 Å². The second kappa shape index (κ2) is 8.63. The largest absolute Gasteiger partial charge is 0.493 e. The number of anilines is 2. The molecule has 0 fully saturated rings. The number of hydrogen-bond acceptors (Lipinski definition) is 6. The minimum Gasteiger partial charge on any atom is -0.493 e. The lowest BCUT2D eigenvalue weighted by molar-refractivity contribution is 0.0734. The van der Waals surface area contributed by atoms with Crippen molar-refractivity contribution >= 4 is 17.5 Å². The van der Waals surface area contributed by atoms with E-state index in [0.29, 0.717) is 30.4 Å². The van der Waals surface area contributed by atoms with Gasteiger partial charge in [0, 0.05) is 35.7 Å². The number of nitrogens with one attached hydrogen (secondary N) is 1. The lowest BCUT2D eigenvalue weighted by atomic mass is 9.98. The number of nitrogens with zero attached hydrogens (tertiary/aromatic N) is 3. The van der Waals surface area contributed by atoms with Crippen molar-refractivity contribution in [3.8, 4) is 11.5 Å². The third-order valence-corrected chi connectivity index (χ3v) is 5.38. The number of ether oxygens (including phenoxy) is 2. The van der Waals surface area contributed by atoms with Crippen molar-refractivity contribution in [2.24, 2.45) is 0 Å². The van der Waals surface area contributed by atoms with Crippen molar-refractivity contribution in [1.82, 2.24) is 14.9 Å². The summed E-state index contributed by atoms with van der Waals surface area (Å²) >= 11 is 0. The number of hydrogen-bond donors (Lipinski definition) is 1. The Morgan fingerprint density at radius 2 is 1.55 bits per heavy atom. The van der Waals surface area contributed by atoms with E-state index < -0.39 is 0 Å². The summed E-state index contributed by atoms with van der Waals surface area (Å²) in [6.07, 6.45) is 0.783. The Morgan fingerprint density at radius 1 is 0.935 bits per heavy atom. The van der Waals surface area contributed by atoms with Gasteiger partial charge in [-0.1, -0.05) is 0 Å². The lowest BCUT2D eigenvalue weighted by Gasteiger charge is -2.29. The fourth-order valence-corrected chi connectivity index (χ4v) is 3.85. The molecule has 0 aliphatic carbocycles. The Bertz CT molecular complexity index is 1090. The summed E-state index contributed by atoms with van der Waals surface area (Å²) in [5.74, 6) is 1.96. The molecule has 1 aliphatic rings. The van der Waals surface area contributed by atoms with Gasteiger partial charge in [-0.25, -0.2) is 9.97 Å². The zero-order valence-electron chi connectivity index (χ0n) is 18.2. The molecule has 0 spiro atoms. The van der Waals surface area contributed by atoms with E-state index in [1.807, 2.05) is 61.2 Å². The molecule has 1 aromatic heterocycles. The number of benzene rings is 2. The number of amides is 1. The molecule has 0 radical (unpaired) electrons. The molecule has 7 nitrogen and oxygen atoms in total. The van der Waals surface area contributed by atoms with Gasteiger partial charge in [-0.2, -0.15) is 0 Å². The zero-order chi connectivity index (χ0) is 22.0. The second-order valence-corrected chi connectivity index (χ2v) is 7.63. The molecule has 0 saturated carbocycles. The summed E-state index contributed by atoms with van der Waals surface area (Å²) in [6, 6.07) is 13.3. The van der Waals surface area contributed by atoms with Gasteiger partial charge in [0.05, 0.1) is 14.2 Å². The summed E-state index contributed by atoms with van der Waals surface area (Å²) in [4.78, 5) is 23.7. The summed E-state index contributed by atoms with van der Waals surface area (Å²) in [7, 11) is 3.25. The molecule has 0 unspecified atom stereocenters. The van der Waals surface area contributed by atoms with E-state index in [2.05, 4.69) is 15.3 Å². The molecule has 0 saturated heterocycles. The standard InChI is InChI=1S/C24H26N4O3/c1-15-11-16(2)26-24(25-15)27-20-7-5-17(6-8-20)23(29)28-10-9-18-12-21(30-3)22(31-4)13-19(18)14-28/h5-8,11-13H,9-10,14H2,1-4H3,(H,25,26,27). The van der Waals surface area contributed by atoms with E-state index in [-0.39, 0.29) is 5.91 Å². The number of methoxy groups -OCH3 is 2. The van der Waals surface area contributed by atoms with Crippen LogP contribution >= 0.6 is 0 Å². The van der Waals surface area contributed by atoms with Crippen LogP contribution in [-0.2, 0) is 13.0 Å². The van der Waals surface area contributed by atoms with Crippen LogP contribution in [0.25, 0.3) is 0 Å². The third-order valence-electron chi connectivity index (χ3n) is 5.38. The number of carbonyl (C=O) groups is 1.